The van der Waals surface area contributed by atoms with Gasteiger partial charge < -0.3 is 15.4 Å². The molecule has 1 aromatic heterocycles. The highest BCUT2D eigenvalue weighted by atomic mass is 32.2. The fourth-order valence-corrected chi connectivity index (χ4v) is 4.49. The van der Waals surface area contributed by atoms with Crippen LogP contribution in [0.3, 0.4) is 0 Å². The minimum Gasteiger partial charge on any atom is -0.376 e. The van der Waals surface area contributed by atoms with Gasteiger partial charge in [0, 0.05) is 31.9 Å². The van der Waals surface area contributed by atoms with Gasteiger partial charge in [0.25, 0.3) is 0 Å². The molecule has 0 aliphatic carbocycles. The van der Waals surface area contributed by atoms with Gasteiger partial charge in [0.05, 0.1) is 12.6 Å². The topological polar surface area (TPSA) is 86.3 Å². The standard InChI is InChI=1S/C18H31N5O2S/c1-14-7-9-22(10-8-14)17-20-21-18(26-12-3-2-6-16(19)24)23(17)13-15-5-4-11-25-15/h14-15H,2-13H2,1H3,(H2,19,24). The number of aromatic nitrogens is 3. The van der Waals surface area contributed by atoms with E-state index in [2.05, 4.69) is 26.6 Å². The normalized spacial score (nSPS) is 21.4. The van der Waals surface area contributed by atoms with Gasteiger partial charge in [-0.15, -0.1) is 10.2 Å². The number of nitrogens with zero attached hydrogens (tertiary/aromatic N) is 4. The number of rotatable bonds is 9. The van der Waals surface area contributed by atoms with E-state index in [0.717, 1.165) is 74.7 Å². The van der Waals surface area contributed by atoms with Crippen LogP contribution in [0.1, 0.15) is 51.9 Å². The predicted molar refractivity (Wildman–Crippen MR) is 103 cm³/mol. The van der Waals surface area contributed by atoms with Gasteiger partial charge in [-0.25, -0.2) is 0 Å². The van der Waals surface area contributed by atoms with Crippen molar-refractivity contribution in [2.45, 2.75) is 69.7 Å². The molecule has 0 spiro atoms. The van der Waals surface area contributed by atoms with Crippen molar-refractivity contribution in [3.8, 4) is 0 Å². The predicted octanol–water partition coefficient (Wildman–Crippen LogP) is 2.44. The minimum absolute atomic E-state index is 0.224. The Labute approximate surface area is 160 Å². The van der Waals surface area contributed by atoms with Gasteiger partial charge in [-0.3, -0.25) is 9.36 Å². The van der Waals surface area contributed by atoms with Crippen molar-refractivity contribution >= 4 is 23.6 Å². The Bertz CT molecular complexity index is 580. The van der Waals surface area contributed by atoms with E-state index >= 15 is 0 Å². The summed E-state index contributed by atoms with van der Waals surface area (Å²) in [6.07, 6.45) is 7.18. The van der Waals surface area contributed by atoms with Gasteiger partial charge in [-0.2, -0.15) is 0 Å². The highest BCUT2D eigenvalue weighted by Gasteiger charge is 2.25. The Balaban J connectivity index is 1.63. The molecule has 8 heteroatoms. The lowest BCUT2D eigenvalue weighted by Crippen LogP contribution is -2.35. The van der Waals surface area contributed by atoms with Crippen molar-refractivity contribution < 1.29 is 9.53 Å². The molecule has 0 bridgehead atoms. The molecule has 7 nitrogen and oxygen atoms in total. The van der Waals surface area contributed by atoms with Crippen LogP contribution in [0, 0.1) is 5.92 Å². The number of hydrogen-bond acceptors (Lipinski definition) is 6. The lowest BCUT2D eigenvalue weighted by molar-refractivity contribution is -0.118. The third-order valence-electron chi connectivity index (χ3n) is 5.22. The molecule has 0 radical (unpaired) electrons. The fourth-order valence-electron chi connectivity index (χ4n) is 3.55. The van der Waals surface area contributed by atoms with Crippen molar-refractivity contribution in [1.82, 2.24) is 14.8 Å². The van der Waals surface area contributed by atoms with E-state index in [1.165, 1.54) is 12.8 Å². The number of carbonyl (C=O) groups is 1. The first-order chi connectivity index (χ1) is 12.6. The molecule has 2 aliphatic rings. The monoisotopic (exact) mass is 381 g/mol. The number of carbonyl (C=O) groups excluding carboxylic acids is 1. The molecule has 3 heterocycles. The molecule has 0 aromatic carbocycles. The van der Waals surface area contributed by atoms with Gasteiger partial charge >= 0.3 is 0 Å². The lowest BCUT2D eigenvalue weighted by atomic mass is 10.00. The highest BCUT2D eigenvalue weighted by Crippen LogP contribution is 2.28. The number of ether oxygens (including phenoxy) is 1. The molecule has 146 valence electrons. The van der Waals surface area contributed by atoms with Crippen molar-refractivity contribution in [2.75, 3.05) is 30.3 Å². The summed E-state index contributed by atoms with van der Waals surface area (Å²) in [5.74, 6) is 2.48. The average Bonchev–Trinajstić information content (AvgIpc) is 3.26. The third kappa shape index (κ3) is 5.36. The van der Waals surface area contributed by atoms with E-state index in [4.69, 9.17) is 10.5 Å². The van der Waals surface area contributed by atoms with Crippen molar-refractivity contribution in [1.29, 1.82) is 0 Å². The number of nitrogens with two attached hydrogens (primary N) is 1. The highest BCUT2D eigenvalue weighted by molar-refractivity contribution is 7.99. The Kier molecular flexibility index (Phi) is 7.19. The van der Waals surface area contributed by atoms with E-state index in [1.54, 1.807) is 11.8 Å². The Morgan fingerprint density at radius 1 is 1.27 bits per heavy atom. The van der Waals surface area contributed by atoms with Crippen molar-refractivity contribution in [3.63, 3.8) is 0 Å². The average molecular weight is 382 g/mol. The number of thioether (sulfide) groups is 1. The molecular weight excluding hydrogens is 350 g/mol. The number of piperidine rings is 1. The summed E-state index contributed by atoms with van der Waals surface area (Å²) in [6.45, 7) is 6.11. The van der Waals surface area contributed by atoms with Crippen LogP contribution in [0.25, 0.3) is 0 Å². The van der Waals surface area contributed by atoms with Gasteiger partial charge in [-0.1, -0.05) is 18.7 Å². The van der Waals surface area contributed by atoms with Crippen LogP contribution >= 0.6 is 11.8 Å². The van der Waals surface area contributed by atoms with E-state index in [0.29, 0.717) is 6.42 Å². The molecule has 1 unspecified atom stereocenters. The molecule has 0 saturated carbocycles. The van der Waals surface area contributed by atoms with Crippen LogP contribution in [0.5, 0.6) is 0 Å². The summed E-state index contributed by atoms with van der Waals surface area (Å²) in [5.41, 5.74) is 5.21. The second kappa shape index (κ2) is 9.60. The Morgan fingerprint density at radius 2 is 2.08 bits per heavy atom. The van der Waals surface area contributed by atoms with Crippen molar-refractivity contribution in [3.05, 3.63) is 0 Å². The van der Waals surface area contributed by atoms with Crippen LogP contribution in [0.2, 0.25) is 0 Å². The zero-order chi connectivity index (χ0) is 18.4. The van der Waals surface area contributed by atoms with Crippen molar-refractivity contribution in [2.24, 2.45) is 11.7 Å². The molecule has 1 amide bonds. The quantitative estimate of drug-likeness (QED) is 0.522. The van der Waals surface area contributed by atoms with Gasteiger partial charge in [0.2, 0.25) is 11.9 Å². The molecule has 26 heavy (non-hydrogen) atoms. The minimum atomic E-state index is -0.224. The van der Waals surface area contributed by atoms with Crippen LogP contribution < -0.4 is 10.6 Å². The SMILES string of the molecule is CC1CCN(c2nnc(SCCCCC(N)=O)n2CC2CCCO2)CC1. The maximum atomic E-state index is 10.9. The fraction of sp³-hybridized carbons (Fsp3) is 0.833. The summed E-state index contributed by atoms with van der Waals surface area (Å²) in [4.78, 5) is 13.2. The molecule has 2 aliphatic heterocycles. The molecule has 1 aromatic rings. The van der Waals surface area contributed by atoms with E-state index in [1.807, 2.05) is 0 Å². The largest absolute Gasteiger partial charge is 0.376 e. The summed E-state index contributed by atoms with van der Waals surface area (Å²) < 4.78 is 8.11. The smallest absolute Gasteiger partial charge is 0.228 e. The first-order valence-electron chi connectivity index (χ1n) is 9.84. The van der Waals surface area contributed by atoms with Crippen LogP contribution in [-0.2, 0) is 16.1 Å². The zero-order valence-corrected chi connectivity index (χ0v) is 16.5. The number of hydrogen-bond donors (Lipinski definition) is 1. The molecule has 2 saturated heterocycles. The number of anilines is 1. The summed E-state index contributed by atoms with van der Waals surface area (Å²) in [5, 5.41) is 9.96. The van der Waals surface area contributed by atoms with E-state index < -0.39 is 0 Å². The van der Waals surface area contributed by atoms with Gasteiger partial charge in [0.1, 0.15) is 0 Å². The van der Waals surface area contributed by atoms with Crippen LogP contribution in [-0.4, -0.2) is 52.2 Å². The van der Waals surface area contributed by atoms with Crippen LogP contribution in [0.4, 0.5) is 5.95 Å². The Morgan fingerprint density at radius 3 is 2.77 bits per heavy atom. The number of unbranched alkanes of at least 4 members (excludes halogenated alkanes) is 1. The maximum Gasteiger partial charge on any atom is 0.228 e. The molecule has 2 fully saturated rings. The maximum absolute atomic E-state index is 10.9. The number of amides is 1. The van der Waals surface area contributed by atoms with Crippen LogP contribution in [0.15, 0.2) is 5.16 Å². The first-order valence-corrected chi connectivity index (χ1v) is 10.8. The molecule has 1 atom stereocenters. The molecule has 2 N–H and O–H groups in total. The molecular formula is C18H31N5O2S. The summed E-state index contributed by atoms with van der Waals surface area (Å²) in [6, 6.07) is 0. The van der Waals surface area contributed by atoms with E-state index in [9.17, 15) is 4.79 Å². The molecule has 3 rings (SSSR count). The zero-order valence-electron chi connectivity index (χ0n) is 15.7. The summed E-state index contributed by atoms with van der Waals surface area (Å²) in [7, 11) is 0. The second-order valence-electron chi connectivity index (χ2n) is 7.47. The van der Waals surface area contributed by atoms with E-state index in [-0.39, 0.29) is 12.0 Å². The first kappa shape index (κ1) is 19.5. The second-order valence-corrected chi connectivity index (χ2v) is 8.53. The van der Waals surface area contributed by atoms with Gasteiger partial charge in [-0.05, 0) is 44.4 Å². The lowest BCUT2D eigenvalue weighted by Gasteiger charge is -2.31. The number of primary amides is 1. The van der Waals surface area contributed by atoms with Gasteiger partial charge in [0.15, 0.2) is 5.16 Å². The Hall–Kier alpha value is -1.28. The third-order valence-corrected chi connectivity index (χ3v) is 6.28. The summed E-state index contributed by atoms with van der Waals surface area (Å²) >= 11 is 1.72.